The van der Waals surface area contributed by atoms with E-state index in [1.54, 1.807) is 35.7 Å². The maximum atomic E-state index is 12.4. The van der Waals surface area contributed by atoms with Crippen LogP contribution in [0.1, 0.15) is 35.7 Å². The number of hydrogen-bond acceptors (Lipinski definition) is 6. The lowest BCUT2D eigenvalue weighted by atomic mass is 10.2. The van der Waals surface area contributed by atoms with Gasteiger partial charge in [-0.3, -0.25) is 4.79 Å². The van der Waals surface area contributed by atoms with Gasteiger partial charge >= 0.3 is 0 Å². The number of rotatable bonds is 9. The minimum Gasteiger partial charge on any atom is -0.505 e. The standard InChI is InChI=1S/C30H28N4O2S2/c1-3-4-16-37-28-18-20(2)17-27(29(28)35)34-32-25-15-14-24(19-26(25)33-34)38-23-12-10-22(11-13-23)31-30(36)21-8-6-5-7-9-21/h5-15,17-19,35H,3-4,16H2,1-2H3,(H,31,36). The quantitative estimate of drug-likeness (QED) is 0.147. The summed E-state index contributed by atoms with van der Waals surface area (Å²) in [5.74, 6) is 1.04. The summed E-state index contributed by atoms with van der Waals surface area (Å²) in [6, 6.07) is 26.8. The molecular weight excluding hydrogens is 512 g/mol. The van der Waals surface area contributed by atoms with E-state index in [2.05, 4.69) is 22.4 Å². The number of benzene rings is 4. The number of unbranched alkanes of at least 4 members (excludes halogenated alkanes) is 1. The molecular formula is C30H28N4O2S2. The van der Waals surface area contributed by atoms with Gasteiger partial charge in [0.2, 0.25) is 0 Å². The van der Waals surface area contributed by atoms with Gasteiger partial charge in [0.25, 0.3) is 5.91 Å². The topological polar surface area (TPSA) is 80.0 Å². The van der Waals surface area contributed by atoms with Gasteiger partial charge in [0.1, 0.15) is 16.7 Å². The molecule has 1 amide bonds. The predicted molar refractivity (Wildman–Crippen MR) is 156 cm³/mol. The number of hydrogen-bond donors (Lipinski definition) is 2. The smallest absolute Gasteiger partial charge is 0.255 e. The number of aromatic nitrogens is 3. The molecule has 0 bridgehead atoms. The van der Waals surface area contributed by atoms with E-state index in [-0.39, 0.29) is 11.7 Å². The highest BCUT2D eigenvalue weighted by atomic mass is 32.2. The molecule has 0 fully saturated rings. The second kappa shape index (κ2) is 11.8. The van der Waals surface area contributed by atoms with Gasteiger partial charge < -0.3 is 10.4 Å². The number of fused-ring (bicyclic) bond motifs is 1. The Labute approximate surface area is 230 Å². The summed E-state index contributed by atoms with van der Waals surface area (Å²) < 4.78 is 0. The molecule has 0 unspecified atom stereocenters. The predicted octanol–water partition coefficient (Wildman–Crippen LogP) is 7.73. The van der Waals surface area contributed by atoms with Crippen LogP contribution in [0.15, 0.2) is 99.6 Å². The average Bonchev–Trinajstić information content (AvgIpc) is 3.35. The Hall–Kier alpha value is -3.75. The van der Waals surface area contributed by atoms with Crippen molar-refractivity contribution in [2.45, 2.75) is 41.4 Å². The molecule has 1 aromatic heterocycles. The van der Waals surface area contributed by atoms with Crippen LogP contribution in [0.5, 0.6) is 5.75 Å². The Morgan fingerprint density at radius 2 is 1.66 bits per heavy atom. The lowest BCUT2D eigenvalue weighted by molar-refractivity contribution is 0.102. The fraction of sp³-hybridized carbons (Fsp3) is 0.167. The number of carbonyl (C=O) groups is 1. The molecule has 2 N–H and O–H groups in total. The SMILES string of the molecule is CCCCSc1cc(C)cc(-n2nc3ccc(Sc4ccc(NC(=O)c5ccccc5)cc4)cc3n2)c1O. The number of phenols is 1. The van der Waals surface area contributed by atoms with Crippen LogP contribution < -0.4 is 5.32 Å². The van der Waals surface area contributed by atoms with Crippen LogP contribution in [0, 0.1) is 6.92 Å². The molecule has 0 saturated carbocycles. The van der Waals surface area contributed by atoms with Gasteiger partial charge in [-0.05, 0) is 91.4 Å². The molecule has 0 aliphatic rings. The number of aromatic hydroxyl groups is 1. The van der Waals surface area contributed by atoms with Crippen molar-refractivity contribution < 1.29 is 9.90 Å². The Kier molecular flexibility index (Phi) is 8.00. The number of phenolic OH excluding ortho intramolecular Hbond substituents is 1. The molecule has 0 saturated heterocycles. The van der Waals surface area contributed by atoms with Gasteiger partial charge in [0.05, 0.1) is 4.90 Å². The average molecular weight is 541 g/mol. The largest absolute Gasteiger partial charge is 0.505 e. The Morgan fingerprint density at radius 1 is 0.921 bits per heavy atom. The van der Waals surface area contributed by atoms with E-state index in [1.165, 1.54) is 4.80 Å². The first kappa shape index (κ1) is 25.9. The number of carbonyl (C=O) groups excluding carboxylic acids is 1. The lowest BCUT2D eigenvalue weighted by Gasteiger charge is -2.10. The first-order chi connectivity index (χ1) is 18.5. The van der Waals surface area contributed by atoms with Crippen LogP contribution in [0.4, 0.5) is 5.69 Å². The van der Waals surface area contributed by atoms with Crippen LogP contribution >= 0.6 is 23.5 Å². The minimum absolute atomic E-state index is 0.133. The van der Waals surface area contributed by atoms with E-state index in [9.17, 15) is 9.90 Å². The van der Waals surface area contributed by atoms with Crippen molar-refractivity contribution in [1.29, 1.82) is 0 Å². The van der Waals surface area contributed by atoms with Crippen molar-refractivity contribution in [3.8, 4) is 11.4 Å². The number of nitrogens with zero attached hydrogens (tertiary/aromatic N) is 3. The highest BCUT2D eigenvalue weighted by Crippen LogP contribution is 2.36. The van der Waals surface area contributed by atoms with Crippen LogP contribution in [-0.2, 0) is 0 Å². The second-order valence-corrected chi connectivity index (χ2v) is 11.2. The summed E-state index contributed by atoms with van der Waals surface area (Å²) in [7, 11) is 0. The maximum absolute atomic E-state index is 12.4. The molecule has 192 valence electrons. The third-order valence-electron chi connectivity index (χ3n) is 5.91. The Bertz CT molecular complexity index is 1570. The van der Waals surface area contributed by atoms with E-state index >= 15 is 0 Å². The van der Waals surface area contributed by atoms with E-state index in [0.717, 1.165) is 55.6 Å². The third kappa shape index (κ3) is 6.03. The second-order valence-electron chi connectivity index (χ2n) is 8.92. The number of anilines is 1. The van der Waals surface area contributed by atoms with Crippen molar-refractivity contribution in [3.63, 3.8) is 0 Å². The van der Waals surface area contributed by atoms with Crippen molar-refractivity contribution in [3.05, 3.63) is 96.1 Å². The van der Waals surface area contributed by atoms with E-state index in [0.29, 0.717) is 11.3 Å². The summed E-state index contributed by atoms with van der Waals surface area (Å²) >= 11 is 3.27. The number of aryl methyl sites for hydroxylation is 1. The summed E-state index contributed by atoms with van der Waals surface area (Å²) in [5.41, 5.74) is 4.52. The van der Waals surface area contributed by atoms with Crippen LogP contribution in [0.2, 0.25) is 0 Å². The zero-order valence-corrected chi connectivity index (χ0v) is 22.9. The number of nitrogens with one attached hydrogen (secondary N) is 1. The zero-order chi connectivity index (χ0) is 26.5. The molecule has 5 aromatic rings. The first-order valence-electron chi connectivity index (χ1n) is 12.5. The molecule has 0 aliphatic carbocycles. The van der Waals surface area contributed by atoms with Gasteiger partial charge in [-0.2, -0.15) is 0 Å². The van der Waals surface area contributed by atoms with Gasteiger partial charge in [-0.15, -0.1) is 26.8 Å². The lowest BCUT2D eigenvalue weighted by Crippen LogP contribution is -2.11. The summed E-state index contributed by atoms with van der Waals surface area (Å²) in [6.45, 7) is 4.18. The van der Waals surface area contributed by atoms with Gasteiger partial charge in [-0.1, -0.05) is 43.3 Å². The zero-order valence-electron chi connectivity index (χ0n) is 21.2. The minimum atomic E-state index is -0.133. The van der Waals surface area contributed by atoms with Crippen LogP contribution in [-0.4, -0.2) is 31.8 Å². The highest BCUT2D eigenvalue weighted by molar-refractivity contribution is 7.99. The van der Waals surface area contributed by atoms with Crippen molar-refractivity contribution in [2.24, 2.45) is 0 Å². The van der Waals surface area contributed by atoms with Gasteiger partial charge in [0.15, 0.2) is 5.75 Å². The number of thioether (sulfide) groups is 1. The molecule has 1 heterocycles. The summed E-state index contributed by atoms with van der Waals surface area (Å²) in [5, 5.41) is 23.2. The van der Waals surface area contributed by atoms with E-state index in [4.69, 9.17) is 0 Å². The monoisotopic (exact) mass is 540 g/mol. The maximum Gasteiger partial charge on any atom is 0.255 e. The fourth-order valence-corrected chi connectivity index (χ4v) is 5.93. The van der Waals surface area contributed by atoms with Crippen molar-refractivity contribution in [1.82, 2.24) is 15.0 Å². The normalized spacial score (nSPS) is 11.1. The molecule has 0 atom stereocenters. The van der Waals surface area contributed by atoms with Gasteiger partial charge in [0, 0.05) is 21.0 Å². The van der Waals surface area contributed by atoms with Crippen LogP contribution in [0.25, 0.3) is 16.7 Å². The molecule has 4 aromatic carbocycles. The molecule has 5 rings (SSSR count). The highest BCUT2D eigenvalue weighted by Gasteiger charge is 2.15. The third-order valence-corrected chi connectivity index (χ3v) is 8.02. The molecule has 0 radical (unpaired) electrons. The van der Waals surface area contributed by atoms with Crippen LogP contribution in [0.3, 0.4) is 0 Å². The molecule has 38 heavy (non-hydrogen) atoms. The molecule has 0 aliphatic heterocycles. The molecule has 0 spiro atoms. The van der Waals surface area contributed by atoms with Crippen molar-refractivity contribution >= 4 is 46.2 Å². The summed E-state index contributed by atoms with van der Waals surface area (Å²) in [4.78, 5) is 16.8. The first-order valence-corrected chi connectivity index (χ1v) is 14.3. The van der Waals surface area contributed by atoms with E-state index < -0.39 is 0 Å². The van der Waals surface area contributed by atoms with Gasteiger partial charge in [-0.25, -0.2) is 0 Å². The van der Waals surface area contributed by atoms with E-state index in [1.807, 2.05) is 79.7 Å². The number of amides is 1. The Morgan fingerprint density at radius 3 is 2.42 bits per heavy atom. The van der Waals surface area contributed by atoms with Crippen molar-refractivity contribution in [2.75, 3.05) is 11.1 Å². The fourth-order valence-electron chi connectivity index (χ4n) is 3.92. The Balaban J connectivity index is 1.31. The molecule has 6 nitrogen and oxygen atoms in total. The summed E-state index contributed by atoms with van der Waals surface area (Å²) in [6.07, 6.45) is 2.22. The molecule has 8 heteroatoms.